The highest BCUT2D eigenvalue weighted by Gasteiger charge is 2.38. The zero-order valence-electron chi connectivity index (χ0n) is 14.1. The molecule has 0 radical (unpaired) electrons. The molecule has 0 saturated heterocycles. The van der Waals surface area contributed by atoms with Crippen LogP contribution in [0.3, 0.4) is 0 Å². The SMILES string of the molecule is C[C@@H](c1nc2ccccc2c(=O)[nH]1)[NH+](Cc1ccc(F)cc1)C1CC1. The van der Waals surface area contributed by atoms with Crippen LogP contribution < -0.4 is 10.5 Å². The molecular formula is C20H21FN3O+. The van der Waals surface area contributed by atoms with Crippen molar-refractivity contribution in [2.24, 2.45) is 0 Å². The highest BCUT2D eigenvalue weighted by Crippen LogP contribution is 2.19. The van der Waals surface area contributed by atoms with Crippen LogP contribution in [-0.4, -0.2) is 16.0 Å². The minimum absolute atomic E-state index is 0.0647. The second kappa shape index (κ2) is 6.41. The van der Waals surface area contributed by atoms with Crippen LogP contribution in [0.1, 0.15) is 37.2 Å². The van der Waals surface area contributed by atoms with Crippen molar-refractivity contribution in [3.63, 3.8) is 0 Å². The van der Waals surface area contributed by atoms with Crippen molar-refractivity contribution in [2.45, 2.75) is 38.4 Å². The molecule has 1 aromatic heterocycles. The Bertz CT molecular complexity index is 947. The van der Waals surface area contributed by atoms with Crippen molar-refractivity contribution >= 4 is 10.9 Å². The van der Waals surface area contributed by atoms with E-state index in [1.807, 2.05) is 30.3 Å². The molecule has 4 rings (SSSR count). The van der Waals surface area contributed by atoms with E-state index in [-0.39, 0.29) is 17.4 Å². The number of fused-ring (bicyclic) bond motifs is 1. The average Bonchev–Trinajstić information content (AvgIpc) is 3.45. The molecule has 1 saturated carbocycles. The maximum atomic E-state index is 13.2. The molecule has 25 heavy (non-hydrogen) atoms. The van der Waals surface area contributed by atoms with Gasteiger partial charge in [-0.25, -0.2) is 9.37 Å². The third-order valence-corrected chi connectivity index (χ3v) is 5.02. The number of hydrogen-bond acceptors (Lipinski definition) is 2. The van der Waals surface area contributed by atoms with Gasteiger partial charge in [0.05, 0.1) is 16.9 Å². The molecule has 1 unspecified atom stereocenters. The molecule has 0 spiro atoms. The molecule has 5 heteroatoms. The van der Waals surface area contributed by atoms with Crippen molar-refractivity contribution in [1.82, 2.24) is 9.97 Å². The quantitative estimate of drug-likeness (QED) is 0.750. The van der Waals surface area contributed by atoms with E-state index in [0.717, 1.165) is 17.6 Å². The normalized spacial score (nSPS) is 16.7. The first-order valence-electron chi connectivity index (χ1n) is 8.71. The molecule has 1 heterocycles. The summed E-state index contributed by atoms with van der Waals surface area (Å²) in [7, 11) is 0. The lowest BCUT2D eigenvalue weighted by Gasteiger charge is -2.25. The molecule has 1 fully saturated rings. The molecule has 2 aromatic carbocycles. The van der Waals surface area contributed by atoms with Gasteiger partial charge >= 0.3 is 0 Å². The van der Waals surface area contributed by atoms with Gasteiger partial charge in [-0.05, 0) is 31.2 Å². The van der Waals surface area contributed by atoms with Crippen molar-refractivity contribution in [3.05, 3.63) is 76.1 Å². The number of rotatable bonds is 5. The van der Waals surface area contributed by atoms with Crippen LogP contribution >= 0.6 is 0 Å². The summed E-state index contributed by atoms with van der Waals surface area (Å²) in [5.74, 6) is 0.498. The highest BCUT2D eigenvalue weighted by atomic mass is 19.1. The lowest BCUT2D eigenvalue weighted by atomic mass is 10.1. The van der Waals surface area contributed by atoms with Crippen molar-refractivity contribution < 1.29 is 9.29 Å². The number of quaternary nitrogens is 1. The van der Waals surface area contributed by atoms with E-state index in [1.165, 1.54) is 29.9 Å². The topological polar surface area (TPSA) is 50.2 Å². The number of H-pyrrole nitrogens is 1. The minimum atomic E-state index is -0.217. The van der Waals surface area contributed by atoms with Crippen molar-refractivity contribution in [3.8, 4) is 0 Å². The maximum absolute atomic E-state index is 13.2. The predicted molar refractivity (Wildman–Crippen MR) is 94.9 cm³/mol. The summed E-state index contributed by atoms with van der Waals surface area (Å²) in [6.07, 6.45) is 2.36. The smallest absolute Gasteiger partial charge is 0.258 e. The molecule has 128 valence electrons. The number of para-hydroxylation sites is 1. The number of halogens is 1. The first-order chi connectivity index (χ1) is 12.1. The van der Waals surface area contributed by atoms with Crippen LogP contribution in [0.15, 0.2) is 53.3 Å². The molecule has 2 N–H and O–H groups in total. The van der Waals surface area contributed by atoms with Crippen LogP contribution in [0.2, 0.25) is 0 Å². The summed E-state index contributed by atoms with van der Waals surface area (Å²) in [5, 5.41) is 0.616. The lowest BCUT2D eigenvalue weighted by molar-refractivity contribution is -0.954. The minimum Gasteiger partial charge on any atom is -0.320 e. The van der Waals surface area contributed by atoms with E-state index in [1.54, 1.807) is 6.07 Å². The van der Waals surface area contributed by atoms with E-state index >= 15 is 0 Å². The van der Waals surface area contributed by atoms with Gasteiger partial charge in [0.15, 0.2) is 5.82 Å². The molecular weight excluding hydrogens is 317 g/mol. The van der Waals surface area contributed by atoms with Gasteiger partial charge in [0, 0.05) is 18.4 Å². The first kappa shape index (κ1) is 16.0. The molecule has 0 aliphatic heterocycles. The fraction of sp³-hybridized carbons (Fsp3) is 0.300. The molecule has 0 bridgehead atoms. The summed E-state index contributed by atoms with van der Waals surface area (Å²) >= 11 is 0. The highest BCUT2D eigenvalue weighted by molar-refractivity contribution is 5.77. The predicted octanol–water partition coefficient (Wildman–Crippen LogP) is 2.37. The van der Waals surface area contributed by atoms with Gasteiger partial charge < -0.3 is 9.88 Å². The van der Waals surface area contributed by atoms with E-state index in [4.69, 9.17) is 0 Å². The Morgan fingerprint density at radius 3 is 2.64 bits per heavy atom. The fourth-order valence-corrected chi connectivity index (χ4v) is 3.43. The monoisotopic (exact) mass is 338 g/mol. The summed E-state index contributed by atoms with van der Waals surface area (Å²) in [5.41, 5.74) is 1.73. The first-order valence-corrected chi connectivity index (χ1v) is 8.71. The Hall–Kier alpha value is -2.53. The van der Waals surface area contributed by atoms with Gasteiger partial charge in [-0.1, -0.05) is 24.3 Å². The fourth-order valence-electron chi connectivity index (χ4n) is 3.43. The summed E-state index contributed by atoms with van der Waals surface area (Å²) in [4.78, 5) is 21.4. The molecule has 2 atom stereocenters. The standard InChI is InChI=1S/C20H20FN3O/c1-13(19-22-18-5-3-2-4-17(18)20(25)23-19)24(16-10-11-16)12-14-6-8-15(21)9-7-14/h2-9,13,16H,10-12H2,1H3,(H,22,23,25)/p+1/t13-/m0/s1. The van der Waals surface area contributed by atoms with Gasteiger partial charge in [-0.2, -0.15) is 0 Å². The van der Waals surface area contributed by atoms with Crippen LogP contribution in [0.25, 0.3) is 10.9 Å². The Kier molecular flexibility index (Phi) is 4.09. The van der Waals surface area contributed by atoms with Crippen molar-refractivity contribution in [1.29, 1.82) is 0 Å². The molecule has 0 amide bonds. The summed E-state index contributed by atoms with van der Waals surface area (Å²) in [6, 6.07) is 14.7. The van der Waals surface area contributed by atoms with Crippen LogP contribution in [0, 0.1) is 5.82 Å². The zero-order valence-corrected chi connectivity index (χ0v) is 14.1. The van der Waals surface area contributed by atoms with Gasteiger partial charge in [-0.3, -0.25) is 4.79 Å². The Labute approximate surface area is 145 Å². The molecule has 4 nitrogen and oxygen atoms in total. The third kappa shape index (κ3) is 3.33. The maximum Gasteiger partial charge on any atom is 0.258 e. The van der Waals surface area contributed by atoms with Crippen LogP contribution in [0.4, 0.5) is 4.39 Å². The Balaban J connectivity index is 1.66. The number of benzene rings is 2. The molecule has 1 aliphatic rings. The van der Waals surface area contributed by atoms with E-state index in [2.05, 4.69) is 16.9 Å². The Morgan fingerprint density at radius 1 is 1.20 bits per heavy atom. The van der Waals surface area contributed by atoms with Crippen LogP contribution in [-0.2, 0) is 6.54 Å². The number of aromatic amines is 1. The number of aromatic nitrogens is 2. The number of nitrogens with one attached hydrogen (secondary N) is 2. The summed E-state index contributed by atoms with van der Waals surface area (Å²) < 4.78 is 13.2. The molecule has 1 aliphatic carbocycles. The van der Waals surface area contributed by atoms with Gasteiger partial charge in [0.2, 0.25) is 0 Å². The largest absolute Gasteiger partial charge is 0.320 e. The second-order valence-electron chi connectivity index (χ2n) is 6.84. The number of hydrogen-bond donors (Lipinski definition) is 2. The summed E-state index contributed by atoms with van der Waals surface area (Å²) in [6.45, 7) is 2.90. The Morgan fingerprint density at radius 2 is 1.92 bits per heavy atom. The van der Waals surface area contributed by atoms with Gasteiger partial charge in [0.1, 0.15) is 18.4 Å². The second-order valence-corrected chi connectivity index (χ2v) is 6.84. The number of nitrogens with zero attached hydrogens (tertiary/aromatic N) is 1. The van der Waals surface area contributed by atoms with E-state index in [9.17, 15) is 9.18 Å². The zero-order chi connectivity index (χ0) is 17.4. The lowest BCUT2D eigenvalue weighted by Crippen LogP contribution is -3.12. The van der Waals surface area contributed by atoms with Gasteiger partial charge in [0.25, 0.3) is 5.56 Å². The van der Waals surface area contributed by atoms with Gasteiger partial charge in [-0.15, -0.1) is 0 Å². The average molecular weight is 338 g/mol. The third-order valence-electron chi connectivity index (χ3n) is 5.02. The van der Waals surface area contributed by atoms with Crippen molar-refractivity contribution in [2.75, 3.05) is 0 Å². The molecule has 3 aromatic rings. The van der Waals surface area contributed by atoms with E-state index in [0.29, 0.717) is 17.3 Å². The van der Waals surface area contributed by atoms with E-state index < -0.39 is 0 Å². The van der Waals surface area contributed by atoms with Crippen LogP contribution in [0.5, 0.6) is 0 Å².